The van der Waals surface area contributed by atoms with Gasteiger partial charge in [0.05, 0.1) is 6.04 Å². The Kier molecular flexibility index (Phi) is 9.01. The van der Waals surface area contributed by atoms with Crippen molar-refractivity contribution >= 4 is 47.4 Å². The largest absolute Gasteiger partial charge is 0.357 e. The van der Waals surface area contributed by atoms with Crippen LogP contribution in [0, 0.1) is 0 Å². The molecule has 0 aromatic heterocycles. The lowest BCUT2D eigenvalue weighted by Crippen LogP contribution is -2.44. The van der Waals surface area contributed by atoms with Crippen LogP contribution in [-0.4, -0.2) is 61.4 Å². The van der Waals surface area contributed by atoms with Gasteiger partial charge in [0.25, 0.3) is 0 Å². The van der Waals surface area contributed by atoms with Crippen LogP contribution < -0.4 is 15.5 Å². The van der Waals surface area contributed by atoms with Crippen LogP contribution in [0.3, 0.4) is 0 Å². The lowest BCUT2D eigenvalue weighted by atomic mass is 10.2. The van der Waals surface area contributed by atoms with Crippen molar-refractivity contribution in [2.24, 2.45) is 4.99 Å². The Balaban J connectivity index is 0.00000280. The van der Waals surface area contributed by atoms with Gasteiger partial charge in [-0.3, -0.25) is 14.6 Å². The molecule has 2 heterocycles. The average molecular weight is 499 g/mol. The van der Waals surface area contributed by atoms with Gasteiger partial charge in [0.2, 0.25) is 11.8 Å². The fraction of sp³-hybridized carbons (Fsp3) is 0.550. The van der Waals surface area contributed by atoms with Crippen LogP contribution in [0.25, 0.3) is 0 Å². The van der Waals surface area contributed by atoms with Crippen LogP contribution in [0.1, 0.15) is 32.6 Å². The molecule has 1 atom stereocenters. The van der Waals surface area contributed by atoms with E-state index in [1.54, 1.807) is 0 Å². The summed E-state index contributed by atoms with van der Waals surface area (Å²) in [5.74, 6) is 1.12. The summed E-state index contributed by atoms with van der Waals surface area (Å²) in [6.45, 7) is 5.72. The van der Waals surface area contributed by atoms with Gasteiger partial charge in [-0.25, -0.2) is 0 Å². The number of anilines is 1. The Labute approximate surface area is 184 Å². The molecule has 2 aliphatic heterocycles. The molecule has 7 nitrogen and oxygen atoms in total. The van der Waals surface area contributed by atoms with Crippen molar-refractivity contribution in [3.8, 4) is 0 Å². The molecule has 28 heavy (non-hydrogen) atoms. The minimum atomic E-state index is 0. The summed E-state index contributed by atoms with van der Waals surface area (Å²) in [6.07, 6.45) is 2.96. The van der Waals surface area contributed by atoms with E-state index >= 15 is 0 Å². The second-order valence-corrected chi connectivity index (χ2v) is 6.98. The summed E-state index contributed by atoms with van der Waals surface area (Å²) in [7, 11) is 0. The highest BCUT2D eigenvalue weighted by molar-refractivity contribution is 14.0. The number of rotatable bonds is 7. The van der Waals surface area contributed by atoms with E-state index in [0.717, 1.165) is 44.1 Å². The Morgan fingerprint density at radius 3 is 2.68 bits per heavy atom. The molecule has 2 saturated heterocycles. The van der Waals surface area contributed by atoms with Gasteiger partial charge in [0, 0.05) is 51.3 Å². The van der Waals surface area contributed by atoms with Gasteiger partial charge in [-0.1, -0.05) is 18.2 Å². The number of nitrogens with one attached hydrogen (secondary N) is 2. The minimum Gasteiger partial charge on any atom is -0.357 e. The SMILES string of the molecule is CCNC(=NCCCN1CCCC1=O)NC1CC(=O)N(c2ccccc2)C1.I. The van der Waals surface area contributed by atoms with Gasteiger partial charge < -0.3 is 20.4 Å². The molecule has 1 aromatic carbocycles. The number of hydrogen-bond donors (Lipinski definition) is 2. The summed E-state index contributed by atoms with van der Waals surface area (Å²) in [6, 6.07) is 9.79. The zero-order valence-corrected chi connectivity index (χ0v) is 18.7. The highest BCUT2D eigenvalue weighted by Gasteiger charge is 2.31. The number of guanidine groups is 1. The maximum Gasteiger partial charge on any atom is 0.229 e. The number of likely N-dealkylation sites (tertiary alicyclic amines) is 1. The lowest BCUT2D eigenvalue weighted by molar-refractivity contribution is -0.127. The molecule has 0 spiro atoms. The third-order valence-corrected chi connectivity index (χ3v) is 4.91. The van der Waals surface area contributed by atoms with Crippen molar-refractivity contribution in [2.75, 3.05) is 37.6 Å². The summed E-state index contributed by atoms with van der Waals surface area (Å²) in [4.78, 5) is 32.3. The van der Waals surface area contributed by atoms with Crippen molar-refractivity contribution in [1.29, 1.82) is 0 Å². The number of benzene rings is 1. The predicted molar refractivity (Wildman–Crippen MR) is 122 cm³/mol. The maximum atomic E-state index is 12.4. The van der Waals surface area contributed by atoms with E-state index < -0.39 is 0 Å². The second-order valence-electron chi connectivity index (χ2n) is 6.98. The van der Waals surface area contributed by atoms with Crippen molar-refractivity contribution in [3.63, 3.8) is 0 Å². The number of halogens is 1. The number of aliphatic imine (C=N–C) groups is 1. The van der Waals surface area contributed by atoms with Crippen molar-refractivity contribution in [1.82, 2.24) is 15.5 Å². The molecule has 1 unspecified atom stereocenters. The predicted octanol–water partition coefficient (Wildman–Crippen LogP) is 1.98. The smallest absolute Gasteiger partial charge is 0.229 e. The van der Waals surface area contributed by atoms with Gasteiger partial charge in [0.15, 0.2) is 5.96 Å². The Morgan fingerprint density at radius 2 is 2.00 bits per heavy atom. The quantitative estimate of drug-likeness (QED) is 0.261. The average Bonchev–Trinajstić information content (AvgIpc) is 3.25. The number of nitrogens with zero attached hydrogens (tertiary/aromatic N) is 3. The zero-order valence-electron chi connectivity index (χ0n) is 16.4. The molecule has 0 saturated carbocycles. The van der Waals surface area contributed by atoms with Crippen LogP contribution in [0.5, 0.6) is 0 Å². The Morgan fingerprint density at radius 1 is 1.21 bits per heavy atom. The summed E-state index contributed by atoms with van der Waals surface area (Å²) in [5.41, 5.74) is 0.934. The molecule has 0 aliphatic carbocycles. The Bertz CT molecular complexity index is 682. The number of carbonyl (C=O) groups is 2. The van der Waals surface area contributed by atoms with Gasteiger partial charge in [0.1, 0.15) is 0 Å². The van der Waals surface area contributed by atoms with E-state index in [4.69, 9.17) is 0 Å². The van der Waals surface area contributed by atoms with Crippen LogP contribution in [-0.2, 0) is 9.59 Å². The topological polar surface area (TPSA) is 77.0 Å². The molecular weight excluding hydrogens is 469 g/mol. The fourth-order valence-corrected chi connectivity index (χ4v) is 3.57. The summed E-state index contributed by atoms with van der Waals surface area (Å²) in [5, 5.41) is 6.62. The van der Waals surface area contributed by atoms with Crippen LogP contribution in [0.15, 0.2) is 35.3 Å². The number of amides is 2. The maximum absolute atomic E-state index is 12.4. The molecule has 8 heteroatoms. The number of hydrogen-bond acceptors (Lipinski definition) is 3. The van der Waals surface area contributed by atoms with Crippen molar-refractivity contribution in [2.45, 2.75) is 38.6 Å². The molecule has 2 N–H and O–H groups in total. The lowest BCUT2D eigenvalue weighted by Gasteiger charge is -2.19. The highest BCUT2D eigenvalue weighted by Crippen LogP contribution is 2.20. The summed E-state index contributed by atoms with van der Waals surface area (Å²) < 4.78 is 0. The molecule has 2 fully saturated rings. The standard InChI is InChI=1S/C20H29N5O2.HI/c1-2-21-20(22-11-7-13-24-12-6-10-18(24)26)23-16-14-19(27)25(15-16)17-8-4-3-5-9-17;/h3-5,8-9,16H,2,6-7,10-15H2,1H3,(H2,21,22,23);1H. The van der Waals surface area contributed by atoms with Crippen LogP contribution in [0.4, 0.5) is 5.69 Å². The van der Waals surface area contributed by atoms with Crippen molar-refractivity contribution in [3.05, 3.63) is 30.3 Å². The first-order chi connectivity index (χ1) is 13.2. The van der Waals surface area contributed by atoms with Crippen LogP contribution >= 0.6 is 24.0 Å². The summed E-state index contributed by atoms with van der Waals surface area (Å²) >= 11 is 0. The van der Waals surface area contributed by atoms with Gasteiger partial charge in [-0.2, -0.15) is 0 Å². The molecule has 0 radical (unpaired) electrons. The van der Waals surface area contributed by atoms with E-state index in [1.165, 1.54) is 0 Å². The molecule has 3 rings (SSSR count). The van der Waals surface area contributed by atoms with Crippen molar-refractivity contribution < 1.29 is 9.59 Å². The van der Waals surface area contributed by atoms with E-state index in [-0.39, 0.29) is 41.8 Å². The Hall–Kier alpha value is -1.84. The highest BCUT2D eigenvalue weighted by atomic mass is 127. The third kappa shape index (κ3) is 6.08. The van der Waals surface area contributed by atoms with E-state index in [2.05, 4.69) is 15.6 Å². The molecule has 1 aromatic rings. The first-order valence-corrected chi connectivity index (χ1v) is 9.85. The van der Waals surface area contributed by atoms with Crippen LogP contribution in [0.2, 0.25) is 0 Å². The second kappa shape index (κ2) is 11.2. The van der Waals surface area contributed by atoms with E-state index in [1.807, 2.05) is 47.1 Å². The first-order valence-electron chi connectivity index (χ1n) is 9.85. The molecule has 154 valence electrons. The van der Waals surface area contributed by atoms with Gasteiger partial charge in [-0.05, 0) is 31.9 Å². The first kappa shape index (κ1) is 22.4. The van der Waals surface area contributed by atoms with Gasteiger partial charge in [-0.15, -0.1) is 24.0 Å². The molecule has 0 bridgehead atoms. The monoisotopic (exact) mass is 499 g/mol. The number of para-hydroxylation sites is 1. The molecule has 2 amide bonds. The normalized spacial score (nSPS) is 19.8. The third-order valence-electron chi connectivity index (χ3n) is 4.91. The zero-order chi connectivity index (χ0) is 19.1. The fourth-order valence-electron chi connectivity index (χ4n) is 3.57. The van der Waals surface area contributed by atoms with Gasteiger partial charge >= 0.3 is 0 Å². The number of carbonyl (C=O) groups excluding carboxylic acids is 2. The van der Waals surface area contributed by atoms with E-state index in [0.29, 0.717) is 25.9 Å². The molecule has 2 aliphatic rings. The molecular formula is C20H30IN5O2. The minimum absolute atomic E-state index is 0. The van der Waals surface area contributed by atoms with E-state index in [9.17, 15) is 9.59 Å².